The lowest BCUT2D eigenvalue weighted by molar-refractivity contribution is -0.130. The second-order valence-corrected chi connectivity index (χ2v) is 5.90. The number of hydrogen-bond acceptors (Lipinski definition) is 3. The molecule has 0 aliphatic carbocycles. The van der Waals surface area contributed by atoms with Gasteiger partial charge in [0.2, 0.25) is 11.8 Å². The standard InChI is InChI=1S/C17H23FN2O3/c1-12(22)20-9-7-15(8-10-20)19-16(23)6-5-13-3-2-4-14(11-21)17(13)18/h2-4,15,21H,5-11H2,1H3,(H,19,23). The van der Waals surface area contributed by atoms with Crippen molar-refractivity contribution in [1.82, 2.24) is 10.2 Å². The van der Waals surface area contributed by atoms with Crippen LogP contribution in [-0.2, 0) is 22.6 Å². The Morgan fingerprint density at radius 2 is 1.96 bits per heavy atom. The number of hydrogen-bond donors (Lipinski definition) is 2. The number of halogens is 1. The van der Waals surface area contributed by atoms with Crippen LogP contribution in [0.1, 0.15) is 37.3 Å². The normalized spacial score (nSPS) is 15.5. The molecule has 1 fully saturated rings. The summed E-state index contributed by atoms with van der Waals surface area (Å²) >= 11 is 0. The highest BCUT2D eigenvalue weighted by atomic mass is 19.1. The predicted molar refractivity (Wildman–Crippen MR) is 84.1 cm³/mol. The summed E-state index contributed by atoms with van der Waals surface area (Å²) in [5.41, 5.74) is 0.692. The van der Waals surface area contributed by atoms with Gasteiger partial charge in [0.25, 0.3) is 0 Å². The van der Waals surface area contributed by atoms with E-state index in [4.69, 9.17) is 5.11 Å². The van der Waals surface area contributed by atoms with Crippen LogP contribution >= 0.6 is 0 Å². The summed E-state index contributed by atoms with van der Waals surface area (Å²) in [6.07, 6.45) is 2.01. The van der Waals surface area contributed by atoms with Gasteiger partial charge < -0.3 is 15.3 Å². The molecule has 1 saturated heterocycles. The molecule has 1 heterocycles. The molecule has 5 nitrogen and oxygen atoms in total. The van der Waals surface area contributed by atoms with Crippen molar-refractivity contribution >= 4 is 11.8 Å². The molecule has 0 saturated carbocycles. The number of aryl methyl sites for hydroxylation is 1. The molecule has 0 atom stereocenters. The number of amides is 2. The Morgan fingerprint density at radius 1 is 1.30 bits per heavy atom. The van der Waals surface area contributed by atoms with Crippen LogP contribution in [0.2, 0.25) is 0 Å². The van der Waals surface area contributed by atoms with E-state index in [1.54, 1.807) is 24.0 Å². The zero-order valence-corrected chi connectivity index (χ0v) is 13.3. The van der Waals surface area contributed by atoms with Gasteiger partial charge in [-0.2, -0.15) is 0 Å². The van der Waals surface area contributed by atoms with Crippen molar-refractivity contribution in [2.75, 3.05) is 13.1 Å². The largest absolute Gasteiger partial charge is 0.392 e. The van der Waals surface area contributed by atoms with E-state index in [-0.39, 0.29) is 36.4 Å². The molecular formula is C17H23FN2O3. The highest BCUT2D eigenvalue weighted by Crippen LogP contribution is 2.15. The molecule has 23 heavy (non-hydrogen) atoms. The number of nitrogens with zero attached hydrogens (tertiary/aromatic N) is 1. The lowest BCUT2D eigenvalue weighted by Crippen LogP contribution is -2.46. The molecule has 2 rings (SSSR count). The number of piperidine rings is 1. The summed E-state index contributed by atoms with van der Waals surface area (Å²) in [5.74, 6) is -0.480. The van der Waals surface area contributed by atoms with Crippen molar-refractivity contribution in [3.63, 3.8) is 0 Å². The van der Waals surface area contributed by atoms with Gasteiger partial charge in [-0.3, -0.25) is 9.59 Å². The van der Waals surface area contributed by atoms with E-state index in [0.717, 1.165) is 12.8 Å². The first kappa shape index (κ1) is 17.4. The molecule has 2 amide bonds. The Bertz CT molecular complexity index is 569. The van der Waals surface area contributed by atoms with E-state index in [0.29, 0.717) is 25.1 Å². The van der Waals surface area contributed by atoms with Gasteiger partial charge in [0.1, 0.15) is 5.82 Å². The number of rotatable bonds is 5. The van der Waals surface area contributed by atoms with Crippen LogP contribution in [0.5, 0.6) is 0 Å². The van der Waals surface area contributed by atoms with E-state index >= 15 is 0 Å². The fourth-order valence-electron chi connectivity index (χ4n) is 2.83. The second kappa shape index (κ2) is 8.06. The molecule has 1 aromatic carbocycles. The third kappa shape index (κ3) is 4.76. The minimum Gasteiger partial charge on any atom is -0.392 e. The number of carbonyl (C=O) groups excluding carboxylic acids is 2. The van der Waals surface area contributed by atoms with Crippen molar-refractivity contribution in [2.24, 2.45) is 0 Å². The Morgan fingerprint density at radius 3 is 2.57 bits per heavy atom. The maximum Gasteiger partial charge on any atom is 0.220 e. The molecule has 1 aromatic rings. The van der Waals surface area contributed by atoms with Gasteiger partial charge in [0, 0.05) is 38.0 Å². The monoisotopic (exact) mass is 322 g/mol. The molecule has 0 unspecified atom stereocenters. The number of aliphatic hydroxyl groups excluding tert-OH is 1. The van der Waals surface area contributed by atoms with Gasteiger partial charge in [-0.1, -0.05) is 18.2 Å². The van der Waals surface area contributed by atoms with E-state index in [1.165, 1.54) is 6.07 Å². The summed E-state index contributed by atoms with van der Waals surface area (Å²) in [6.45, 7) is 2.52. The summed E-state index contributed by atoms with van der Waals surface area (Å²) < 4.78 is 14.0. The number of carbonyl (C=O) groups is 2. The Labute approximate surface area is 135 Å². The van der Waals surface area contributed by atoms with Crippen molar-refractivity contribution in [3.8, 4) is 0 Å². The predicted octanol–water partition coefficient (Wildman–Crippen LogP) is 1.38. The lowest BCUT2D eigenvalue weighted by Gasteiger charge is -2.31. The molecule has 1 aliphatic rings. The number of likely N-dealkylation sites (tertiary alicyclic amines) is 1. The first-order valence-electron chi connectivity index (χ1n) is 7.93. The van der Waals surface area contributed by atoms with E-state index in [9.17, 15) is 14.0 Å². The van der Waals surface area contributed by atoms with E-state index in [1.807, 2.05) is 0 Å². The van der Waals surface area contributed by atoms with Gasteiger partial charge in [-0.05, 0) is 24.8 Å². The fraction of sp³-hybridized carbons (Fsp3) is 0.529. The number of aliphatic hydroxyl groups is 1. The zero-order valence-electron chi connectivity index (χ0n) is 13.3. The van der Waals surface area contributed by atoms with Crippen LogP contribution in [0.3, 0.4) is 0 Å². The van der Waals surface area contributed by atoms with Gasteiger partial charge >= 0.3 is 0 Å². The number of nitrogens with one attached hydrogen (secondary N) is 1. The smallest absolute Gasteiger partial charge is 0.220 e. The van der Waals surface area contributed by atoms with Gasteiger partial charge in [0.05, 0.1) is 6.61 Å². The minimum absolute atomic E-state index is 0.0639. The molecule has 0 bridgehead atoms. The maximum absolute atomic E-state index is 14.0. The SMILES string of the molecule is CC(=O)N1CCC(NC(=O)CCc2cccc(CO)c2F)CC1. The zero-order chi connectivity index (χ0) is 16.8. The van der Waals surface area contributed by atoms with Crippen LogP contribution in [0.15, 0.2) is 18.2 Å². The molecule has 0 spiro atoms. The Kier molecular flexibility index (Phi) is 6.10. The first-order chi connectivity index (χ1) is 11.0. The number of benzene rings is 1. The molecular weight excluding hydrogens is 299 g/mol. The Balaban J connectivity index is 1.79. The van der Waals surface area contributed by atoms with Crippen molar-refractivity contribution < 1.29 is 19.1 Å². The third-order valence-electron chi connectivity index (χ3n) is 4.26. The van der Waals surface area contributed by atoms with Gasteiger partial charge in [0.15, 0.2) is 0 Å². The lowest BCUT2D eigenvalue weighted by atomic mass is 10.0. The molecule has 126 valence electrons. The van der Waals surface area contributed by atoms with Crippen LogP contribution in [-0.4, -0.2) is 41.0 Å². The minimum atomic E-state index is -0.433. The second-order valence-electron chi connectivity index (χ2n) is 5.90. The summed E-state index contributed by atoms with van der Waals surface area (Å²) in [5, 5.41) is 12.0. The molecule has 6 heteroatoms. The summed E-state index contributed by atoms with van der Waals surface area (Å²) in [7, 11) is 0. The third-order valence-corrected chi connectivity index (χ3v) is 4.26. The summed E-state index contributed by atoms with van der Waals surface area (Å²) in [6, 6.07) is 4.92. The van der Waals surface area contributed by atoms with Crippen molar-refractivity contribution in [3.05, 3.63) is 35.1 Å². The molecule has 0 radical (unpaired) electrons. The fourth-order valence-corrected chi connectivity index (χ4v) is 2.83. The van der Waals surface area contributed by atoms with Crippen LogP contribution in [0.25, 0.3) is 0 Å². The van der Waals surface area contributed by atoms with Gasteiger partial charge in [-0.25, -0.2) is 4.39 Å². The average Bonchev–Trinajstić information content (AvgIpc) is 2.54. The van der Waals surface area contributed by atoms with E-state index < -0.39 is 5.82 Å². The van der Waals surface area contributed by atoms with Crippen molar-refractivity contribution in [1.29, 1.82) is 0 Å². The molecule has 2 N–H and O–H groups in total. The van der Waals surface area contributed by atoms with Crippen LogP contribution in [0.4, 0.5) is 4.39 Å². The highest BCUT2D eigenvalue weighted by Gasteiger charge is 2.21. The molecule has 0 aromatic heterocycles. The average molecular weight is 322 g/mol. The van der Waals surface area contributed by atoms with Crippen molar-refractivity contribution in [2.45, 2.75) is 45.3 Å². The quantitative estimate of drug-likeness (QED) is 0.860. The maximum atomic E-state index is 14.0. The molecule has 1 aliphatic heterocycles. The van der Waals surface area contributed by atoms with Crippen LogP contribution in [0, 0.1) is 5.82 Å². The first-order valence-corrected chi connectivity index (χ1v) is 7.93. The topological polar surface area (TPSA) is 69.6 Å². The van der Waals surface area contributed by atoms with E-state index in [2.05, 4.69) is 5.32 Å². The van der Waals surface area contributed by atoms with Crippen LogP contribution < -0.4 is 5.32 Å². The summed E-state index contributed by atoms with van der Waals surface area (Å²) in [4.78, 5) is 25.0. The Hall–Kier alpha value is -1.95. The highest BCUT2D eigenvalue weighted by molar-refractivity contribution is 5.76. The van der Waals surface area contributed by atoms with Gasteiger partial charge in [-0.15, -0.1) is 0 Å².